The normalized spacial score (nSPS) is 16.8. The summed E-state index contributed by atoms with van der Waals surface area (Å²) in [4.78, 5) is 18.7. The quantitative estimate of drug-likeness (QED) is 0.886. The number of hydrogen-bond acceptors (Lipinski definition) is 4. The van der Waals surface area contributed by atoms with Crippen LogP contribution in [0.4, 0.5) is 11.5 Å². The van der Waals surface area contributed by atoms with E-state index in [9.17, 15) is 4.79 Å². The molecule has 1 unspecified atom stereocenters. The summed E-state index contributed by atoms with van der Waals surface area (Å²) in [6.45, 7) is 4.45. The van der Waals surface area contributed by atoms with Crippen LogP contribution in [-0.4, -0.2) is 30.1 Å². The molecule has 2 aromatic rings. The second kappa shape index (κ2) is 7.93. The molecule has 2 heterocycles. The van der Waals surface area contributed by atoms with Crippen LogP contribution in [-0.2, 0) is 16.1 Å². The zero-order valence-electron chi connectivity index (χ0n) is 13.9. The zero-order valence-corrected chi connectivity index (χ0v) is 13.9. The van der Waals surface area contributed by atoms with Crippen molar-refractivity contribution in [1.29, 1.82) is 0 Å². The van der Waals surface area contributed by atoms with E-state index in [0.717, 1.165) is 31.7 Å². The Labute approximate surface area is 142 Å². The van der Waals surface area contributed by atoms with Crippen LogP contribution in [0, 0.1) is 0 Å². The van der Waals surface area contributed by atoms with Crippen molar-refractivity contribution in [2.24, 2.45) is 0 Å². The highest BCUT2D eigenvalue weighted by molar-refractivity contribution is 5.94. The highest BCUT2D eigenvalue weighted by Gasteiger charge is 2.23. The van der Waals surface area contributed by atoms with Gasteiger partial charge in [-0.1, -0.05) is 30.3 Å². The average molecular weight is 325 g/mol. The molecule has 0 bridgehead atoms. The number of rotatable bonds is 6. The van der Waals surface area contributed by atoms with Crippen LogP contribution >= 0.6 is 0 Å². The summed E-state index contributed by atoms with van der Waals surface area (Å²) in [5.41, 5.74) is 1.95. The molecule has 0 aliphatic carbocycles. The lowest BCUT2D eigenvalue weighted by molar-refractivity contribution is -0.124. The van der Waals surface area contributed by atoms with Gasteiger partial charge in [0.25, 0.3) is 5.91 Å². The number of nitrogens with one attached hydrogen (secondary N) is 1. The van der Waals surface area contributed by atoms with Gasteiger partial charge in [-0.3, -0.25) is 4.79 Å². The SMILES string of the molecule is CCN(Cc1ccccc1)c1ccc(NC(=O)C2CCCO2)cn1. The molecule has 126 valence electrons. The maximum atomic E-state index is 12.1. The Morgan fingerprint density at radius 3 is 2.75 bits per heavy atom. The number of pyridine rings is 1. The van der Waals surface area contributed by atoms with Crippen LogP contribution in [0.2, 0.25) is 0 Å². The molecule has 0 saturated carbocycles. The second-order valence-corrected chi connectivity index (χ2v) is 5.90. The summed E-state index contributed by atoms with van der Waals surface area (Å²) >= 11 is 0. The first-order chi connectivity index (χ1) is 11.8. The second-order valence-electron chi connectivity index (χ2n) is 5.90. The molecule has 5 heteroatoms. The third-order valence-electron chi connectivity index (χ3n) is 4.16. The lowest BCUT2D eigenvalue weighted by Gasteiger charge is -2.22. The molecule has 1 fully saturated rings. The molecule has 0 spiro atoms. The van der Waals surface area contributed by atoms with E-state index in [2.05, 4.69) is 34.3 Å². The van der Waals surface area contributed by atoms with Gasteiger partial charge in [0.15, 0.2) is 0 Å². The molecule has 1 amide bonds. The summed E-state index contributed by atoms with van der Waals surface area (Å²) < 4.78 is 5.39. The number of hydrogen-bond donors (Lipinski definition) is 1. The van der Waals surface area contributed by atoms with E-state index < -0.39 is 0 Å². The zero-order chi connectivity index (χ0) is 16.8. The smallest absolute Gasteiger partial charge is 0.253 e. The van der Waals surface area contributed by atoms with E-state index in [1.807, 2.05) is 30.3 Å². The van der Waals surface area contributed by atoms with Gasteiger partial charge in [0.05, 0.1) is 11.9 Å². The number of carbonyl (C=O) groups is 1. The minimum atomic E-state index is -0.324. The van der Waals surface area contributed by atoms with E-state index in [4.69, 9.17) is 4.74 Å². The molecule has 0 radical (unpaired) electrons. The van der Waals surface area contributed by atoms with Gasteiger partial charge in [-0.2, -0.15) is 0 Å². The van der Waals surface area contributed by atoms with Crippen molar-refractivity contribution in [1.82, 2.24) is 4.98 Å². The van der Waals surface area contributed by atoms with Crippen LogP contribution in [0.3, 0.4) is 0 Å². The van der Waals surface area contributed by atoms with Crippen molar-refractivity contribution < 1.29 is 9.53 Å². The fourth-order valence-corrected chi connectivity index (χ4v) is 2.81. The Morgan fingerprint density at radius 1 is 1.29 bits per heavy atom. The first-order valence-electron chi connectivity index (χ1n) is 8.43. The van der Waals surface area contributed by atoms with E-state index in [1.165, 1.54) is 5.56 Å². The standard InChI is InChI=1S/C19H23N3O2/c1-2-22(14-15-7-4-3-5-8-15)18-11-10-16(13-20-18)21-19(23)17-9-6-12-24-17/h3-5,7-8,10-11,13,17H,2,6,9,12,14H2,1H3,(H,21,23). The van der Waals surface area contributed by atoms with Crippen molar-refractivity contribution in [3.05, 3.63) is 54.2 Å². The van der Waals surface area contributed by atoms with Gasteiger partial charge in [-0.15, -0.1) is 0 Å². The van der Waals surface area contributed by atoms with Crippen molar-refractivity contribution in [2.75, 3.05) is 23.4 Å². The number of nitrogens with zero attached hydrogens (tertiary/aromatic N) is 2. The molecule has 1 aliphatic rings. The van der Waals surface area contributed by atoms with Gasteiger partial charge in [0.2, 0.25) is 0 Å². The van der Waals surface area contributed by atoms with Gasteiger partial charge < -0.3 is 15.0 Å². The van der Waals surface area contributed by atoms with Crippen molar-refractivity contribution in [2.45, 2.75) is 32.4 Å². The van der Waals surface area contributed by atoms with Crippen LogP contribution in [0.15, 0.2) is 48.7 Å². The first-order valence-corrected chi connectivity index (χ1v) is 8.43. The van der Waals surface area contributed by atoms with Gasteiger partial charge in [-0.05, 0) is 37.5 Å². The Morgan fingerprint density at radius 2 is 2.12 bits per heavy atom. The molecule has 5 nitrogen and oxygen atoms in total. The number of benzene rings is 1. The predicted molar refractivity (Wildman–Crippen MR) is 95.0 cm³/mol. The number of carbonyl (C=O) groups excluding carboxylic acids is 1. The minimum Gasteiger partial charge on any atom is -0.368 e. The summed E-state index contributed by atoms with van der Waals surface area (Å²) in [5, 5.41) is 2.87. The van der Waals surface area contributed by atoms with Gasteiger partial charge >= 0.3 is 0 Å². The molecule has 1 aromatic carbocycles. The molecule has 1 saturated heterocycles. The molecule has 24 heavy (non-hydrogen) atoms. The minimum absolute atomic E-state index is 0.0846. The Bertz CT molecular complexity index is 652. The fourth-order valence-electron chi connectivity index (χ4n) is 2.81. The monoisotopic (exact) mass is 325 g/mol. The average Bonchev–Trinajstić information content (AvgIpc) is 3.16. The Balaban J connectivity index is 1.63. The van der Waals surface area contributed by atoms with Crippen molar-refractivity contribution in [3.63, 3.8) is 0 Å². The molecule has 1 N–H and O–H groups in total. The topological polar surface area (TPSA) is 54.5 Å². The molecule has 1 aliphatic heterocycles. The third kappa shape index (κ3) is 4.11. The molecule has 1 atom stereocenters. The third-order valence-corrected chi connectivity index (χ3v) is 4.16. The van der Waals surface area contributed by atoms with Crippen LogP contribution < -0.4 is 10.2 Å². The summed E-state index contributed by atoms with van der Waals surface area (Å²) in [6, 6.07) is 14.2. The maximum absolute atomic E-state index is 12.1. The number of ether oxygens (including phenoxy) is 1. The largest absolute Gasteiger partial charge is 0.368 e. The Hall–Kier alpha value is -2.40. The lowest BCUT2D eigenvalue weighted by atomic mass is 10.2. The molecular formula is C19H23N3O2. The number of aromatic nitrogens is 1. The van der Waals surface area contributed by atoms with E-state index >= 15 is 0 Å². The van der Waals surface area contributed by atoms with Gasteiger partial charge in [0.1, 0.15) is 11.9 Å². The van der Waals surface area contributed by atoms with E-state index in [-0.39, 0.29) is 12.0 Å². The highest BCUT2D eigenvalue weighted by Crippen LogP contribution is 2.18. The highest BCUT2D eigenvalue weighted by atomic mass is 16.5. The number of amides is 1. The Kier molecular flexibility index (Phi) is 5.43. The van der Waals surface area contributed by atoms with E-state index in [0.29, 0.717) is 12.3 Å². The van der Waals surface area contributed by atoms with Crippen LogP contribution in [0.1, 0.15) is 25.3 Å². The van der Waals surface area contributed by atoms with Crippen LogP contribution in [0.5, 0.6) is 0 Å². The summed E-state index contributed by atoms with van der Waals surface area (Å²) in [6.07, 6.45) is 3.11. The number of anilines is 2. The molecule has 3 rings (SSSR count). The van der Waals surface area contributed by atoms with E-state index in [1.54, 1.807) is 6.20 Å². The predicted octanol–water partition coefficient (Wildman–Crippen LogP) is 3.23. The molecular weight excluding hydrogens is 302 g/mol. The van der Waals surface area contributed by atoms with Crippen molar-refractivity contribution >= 4 is 17.4 Å². The first kappa shape index (κ1) is 16.5. The fraction of sp³-hybridized carbons (Fsp3) is 0.368. The summed E-state index contributed by atoms with van der Waals surface area (Å²) in [5.74, 6) is 0.815. The molecule has 1 aromatic heterocycles. The maximum Gasteiger partial charge on any atom is 0.253 e. The van der Waals surface area contributed by atoms with Crippen molar-refractivity contribution in [3.8, 4) is 0 Å². The lowest BCUT2D eigenvalue weighted by Crippen LogP contribution is -2.27. The van der Waals surface area contributed by atoms with Gasteiger partial charge in [-0.25, -0.2) is 4.98 Å². The van der Waals surface area contributed by atoms with Crippen LogP contribution in [0.25, 0.3) is 0 Å². The van der Waals surface area contributed by atoms with Gasteiger partial charge in [0, 0.05) is 19.7 Å². The summed E-state index contributed by atoms with van der Waals surface area (Å²) in [7, 11) is 0.